The number of nitrogens with one attached hydrogen (secondary N) is 1. The first-order valence-corrected chi connectivity index (χ1v) is 11.3. The van der Waals surface area contributed by atoms with Crippen molar-refractivity contribution in [2.75, 3.05) is 13.2 Å². The molecule has 0 radical (unpaired) electrons. The third-order valence-electron chi connectivity index (χ3n) is 4.50. The minimum absolute atomic E-state index is 0.208. The molecule has 0 fully saturated rings. The molecule has 7 nitrogen and oxygen atoms in total. The lowest BCUT2D eigenvalue weighted by Crippen LogP contribution is -2.22. The van der Waals surface area contributed by atoms with Crippen molar-refractivity contribution in [1.82, 2.24) is 4.72 Å². The number of nitrogens with zero attached hydrogens (tertiary/aromatic N) is 1. The van der Waals surface area contributed by atoms with Crippen LogP contribution in [0, 0.1) is 0 Å². The van der Waals surface area contributed by atoms with Crippen molar-refractivity contribution in [3.63, 3.8) is 0 Å². The highest BCUT2D eigenvalue weighted by Gasteiger charge is 2.29. The van der Waals surface area contributed by atoms with E-state index in [9.17, 15) is 18.0 Å². The number of ether oxygens (including phenoxy) is 1. The average Bonchev–Trinajstić information content (AvgIpc) is 3.00. The number of hydrogen-bond donors (Lipinski definition) is 1. The number of amidine groups is 1. The van der Waals surface area contributed by atoms with Gasteiger partial charge in [-0.1, -0.05) is 30.2 Å². The van der Waals surface area contributed by atoms with E-state index in [0.717, 1.165) is 6.42 Å². The van der Waals surface area contributed by atoms with Gasteiger partial charge in [-0.05, 0) is 49.2 Å². The predicted molar refractivity (Wildman–Crippen MR) is 113 cm³/mol. The highest BCUT2D eigenvalue weighted by molar-refractivity contribution is 7.90. The number of rotatable bonds is 9. The van der Waals surface area contributed by atoms with Crippen LogP contribution in [-0.4, -0.2) is 39.2 Å². The maximum Gasteiger partial charge on any atom is 0.306 e. The zero-order valence-corrected chi connectivity index (χ0v) is 17.7. The first-order valence-electron chi connectivity index (χ1n) is 9.48. The Labute approximate surface area is 180 Å². The van der Waals surface area contributed by atoms with Gasteiger partial charge in [0.15, 0.2) is 12.4 Å². The quantitative estimate of drug-likeness (QED) is 0.360. The molecular weight excluding hydrogens is 428 g/mol. The molecule has 0 bridgehead atoms. The van der Waals surface area contributed by atoms with Gasteiger partial charge in [-0.25, -0.2) is 8.42 Å². The number of fused-ring (bicyclic) bond motifs is 1. The molecule has 1 N–H and O–H groups in total. The lowest BCUT2D eigenvalue weighted by molar-refractivity contribution is -0.142. The van der Waals surface area contributed by atoms with Crippen LogP contribution in [0.25, 0.3) is 0 Å². The van der Waals surface area contributed by atoms with Gasteiger partial charge in [0.1, 0.15) is 5.84 Å². The second kappa shape index (κ2) is 9.86. The Balaban J connectivity index is 1.35. The van der Waals surface area contributed by atoms with E-state index in [2.05, 4.69) is 9.71 Å². The van der Waals surface area contributed by atoms with Crippen molar-refractivity contribution in [3.8, 4) is 0 Å². The smallest absolute Gasteiger partial charge is 0.306 e. The molecule has 0 spiro atoms. The van der Waals surface area contributed by atoms with Gasteiger partial charge in [-0.15, -0.1) is 0 Å². The summed E-state index contributed by atoms with van der Waals surface area (Å²) < 4.78 is 31.5. The summed E-state index contributed by atoms with van der Waals surface area (Å²) in [6.45, 7) is 0.143. The predicted octanol–water partition coefficient (Wildman–Crippen LogP) is 3.37. The summed E-state index contributed by atoms with van der Waals surface area (Å²) in [5.74, 6) is -0.359. The highest BCUT2D eigenvalue weighted by Crippen LogP contribution is 2.22. The molecule has 3 rings (SSSR count). The topological polar surface area (TPSA) is 102 Å². The second-order valence-corrected chi connectivity index (χ2v) is 8.82. The van der Waals surface area contributed by atoms with Crippen LogP contribution in [0.3, 0.4) is 0 Å². The molecule has 9 heteroatoms. The molecule has 0 aliphatic carbocycles. The normalized spacial score (nSPS) is 15.4. The van der Waals surface area contributed by atoms with E-state index in [0.29, 0.717) is 41.4 Å². The minimum Gasteiger partial charge on any atom is -0.457 e. The van der Waals surface area contributed by atoms with Crippen LogP contribution in [0.15, 0.2) is 58.4 Å². The minimum atomic E-state index is -3.53. The number of esters is 1. The van der Waals surface area contributed by atoms with Gasteiger partial charge in [0.2, 0.25) is 0 Å². The third-order valence-corrected chi connectivity index (χ3v) is 6.15. The molecule has 0 unspecified atom stereocenters. The first-order chi connectivity index (χ1) is 14.4. The molecule has 0 aromatic heterocycles. The summed E-state index contributed by atoms with van der Waals surface area (Å²) in [6.07, 6.45) is 2.23. The molecule has 1 aliphatic rings. The van der Waals surface area contributed by atoms with Crippen LogP contribution in [-0.2, 0) is 19.6 Å². The summed E-state index contributed by atoms with van der Waals surface area (Å²) in [7, 11) is -3.53. The summed E-state index contributed by atoms with van der Waals surface area (Å²) in [4.78, 5) is 28.3. The number of benzene rings is 2. The number of Topliss-reactive ketones (excluding diaryl/α,β-unsaturated/α-hetero) is 1. The van der Waals surface area contributed by atoms with Gasteiger partial charge >= 0.3 is 5.97 Å². The van der Waals surface area contributed by atoms with Crippen molar-refractivity contribution in [1.29, 1.82) is 0 Å². The second-order valence-electron chi connectivity index (χ2n) is 6.73. The van der Waals surface area contributed by atoms with Crippen molar-refractivity contribution < 1.29 is 22.7 Å². The van der Waals surface area contributed by atoms with Gasteiger partial charge in [0.25, 0.3) is 10.0 Å². The molecule has 0 atom stereocenters. The lowest BCUT2D eigenvalue weighted by atomic mass is 10.1. The Hall–Kier alpha value is -2.71. The molecule has 2 aromatic rings. The Morgan fingerprint density at radius 2 is 1.73 bits per heavy atom. The number of carbonyl (C=O) groups excluding carboxylic acids is 2. The van der Waals surface area contributed by atoms with E-state index in [1.165, 1.54) is 0 Å². The van der Waals surface area contributed by atoms with E-state index in [1.807, 2.05) is 0 Å². The molecule has 0 saturated heterocycles. The fourth-order valence-corrected chi connectivity index (χ4v) is 4.31. The standard InChI is InChI=1S/C21H21ClN2O5S/c22-16-11-9-15(10-12-16)18(25)14-29-20(26)8-2-1-5-13-23-21-17-6-3-4-7-19(17)30(27,28)24-21/h3-4,6-7,9-12H,1-2,5,8,13-14H2,(H,23,24). The summed E-state index contributed by atoms with van der Waals surface area (Å²) in [5, 5.41) is 0.531. The Kier molecular flexibility index (Phi) is 7.23. The summed E-state index contributed by atoms with van der Waals surface area (Å²) in [5.41, 5.74) is 1.02. The van der Waals surface area contributed by atoms with Crippen molar-refractivity contribution in [2.45, 2.75) is 30.6 Å². The van der Waals surface area contributed by atoms with Crippen LogP contribution >= 0.6 is 11.6 Å². The van der Waals surface area contributed by atoms with E-state index in [-0.39, 0.29) is 23.7 Å². The molecule has 0 saturated carbocycles. The number of aliphatic imine (C=N–C) groups is 1. The molecule has 0 amide bonds. The van der Waals surface area contributed by atoms with Gasteiger partial charge in [0, 0.05) is 29.1 Å². The summed E-state index contributed by atoms with van der Waals surface area (Å²) in [6, 6.07) is 13.1. The Bertz CT molecular complexity index is 1070. The summed E-state index contributed by atoms with van der Waals surface area (Å²) >= 11 is 5.77. The van der Waals surface area contributed by atoms with Crippen molar-refractivity contribution in [3.05, 3.63) is 64.7 Å². The van der Waals surface area contributed by atoms with Crippen molar-refractivity contribution >= 4 is 39.2 Å². The van der Waals surface area contributed by atoms with Crippen molar-refractivity contribution in [2.24, 2.45) is 4.99 Å². The van der Waals surface area contributed by atoms with Crippen LogP contribution in [0.1, 0.15) is 41.6 Å². The molecular formula is C21H21ClN2O5S. The van der Waals surface area contributed by atoms with E-state index >= 15 is 0 Å². The molecule has 30 heavy (non-hydrogen) atoms. The van der Waals surface area contributed by atoms with Gasteiger partial charge in [-0.2, -0.15) is 0 Å². The number of halogens is 1. The van der Waals surface area contributed by atoms with E-state index in [1.54, 1.807) is 48.5 Å². The Morgan fingerprint density at radius 1 is 1.00 bits per heavy atom. The fourth-order valence-electron chi connectivity index (χ4n) is 2.94. The number of ketones is 1. The largest absolute Gasteiger partial charge is 0.457 e. The highest BCUT2D eigenvalue weighted by atomic mass is 35.5. The SMILES string of the molecule is O=C(CCCCCN=C1NS(=O)(=O)c2ccccc21)OCC(=O)c1ccc(Cl)cc1. The van der Waals surface area contributed by atoms with Crippen LogP contribution in [0.2, 0.25) is 5.02 Å². The zero-order chi connectivity index (χ0) is 21.6. The van der Waals surface area contributed by atoms with Gasteiger partial charge < -0.3 is 4.74 Å². The lowest BCUT2D eigenvalue weighted by Gasteiger charge is -2.05. The molecule has 1 heterocycles. The van der Waals surface area contributed by atoms with Crippen LogP contribution in [0.4, 0.5) is 0 Å². The van der Waals surface area contributed by atoms with Crippen LogP contribution in [0.5, 0.6) is 0 Å². The molecule has 158 valence electrons. The van der Waals surface area contributed by atoms with Gasteiger partial charge in [-0.3, -0.25) is 19.3 Å². The third kappa shape index (κ3) is 5.67. The maximum absolute atomic E-state index is 12.0. The monoisotopic (exact) mass is 448 g/mol. The van der Waals surface area contributed by atoms with E-state index in [4.69, 9.17) is 16.3 Å². The average molecular weight is 449 g/mol. The Morgan fingerprint density at radius 3 is 2.50 bits per heavy atom. The molecule has 2 aromatic carbocycles. The van der Waals surface area contributed by atoms with Gasteiger partial charge in [0.05, 0.1) is 4.90 Å². The first kappa shape index (κ1) is 22.0. The van der Waals surface area contributed by atoms with E-state index < -0.39 is 16.0 Å². The maximum atomic E-state index is 12.0. The number of hydrogen-bond acceptors (Lipinski definition) is 6. The number of unbranched alkanes of at least 4 members (excludes halogenated alkanes) is 2. The fraction of sp³-hybridized carbons (Fsp3) is 0.286. The number of sulfonamides is 1. The molecule has 1 aliphatic heterocycles. The zero-order valence-electron chi connectivity index (χ0n) is 16.1. The number of carbonyl (C=O) groups is 2. The van der Waals surface area contributed by atoms with Crippen LogP contribution < -0.4 is 4.72 Å².